The van der Waals surface area contributed by atoms with E-state index in [0.29, 0.717) is 36.4 Å². The Kier molecular flexibility index (Phi) is 9.96. The van der Waals surface area contributed by atoms with Crippen LogP contribution in [0, 0.1) is 5.92 Å². The predicted molar refractivity (Wildman–Crippen MR) is 172 cm³/mol. The van der Waals surface area contributed by atoms with Crippen LogP contribution in [0.25, 0.3) is 10.9 Å². The van der Waals surface area contributed by atoms with E-state index in [-0.39, 0.29) is 42.6 Å². The Morgan fingerprint density at radius 1 is 1.00 bits per heavy atom. The van der Waals surface area contributed by atoms with Gasteiger partial charge < -0.3 is 30.9 Å². The van der Waals surface area contributed by atoms with Crippen molar-refractivity contribution in [1.29, 1.82) is 0 Å². The molecule has 10 heteroatoms. The van der Waals surface area contributed by atoms with Crippen molar-refractivity contribution in [2.75, 3.05) is 24.3 Å². The summed E-state index contributed by atoms with van der Waals surface area (Å²) in [4.78, 5) is 38.7. The van der Waals surface area contributed by atoms with Gasteiger partial charge in [0.1, 0.15) is 0 Å². The number of nitrogens with zero attached hydrogens (tertiary/aromatic N) is 1. The molecule has 0 saturated heterocycles. The third-order valence-electron chi connectivity index (χ3n) is 7.95. The first kappa shape index (κ1) is 31.5. The average Bonchev–Trinajstić information content (AvgIpc) is 3.44. The average molecular weight is 611 g/mol. The molecule has 2 heterocycles. The van der Waals surface area contributed by atoms with E-state index in [4.69, 9.17) is 15.2 Å². The fourth-order valence-corrected chi connectivity index (χ4v) is 5.70. The number of nitrogens with two attached hydrogens (primary N) is 1. The second-order valence-electron chi connectivity index (χ2n) is 10.9. The molecule has 0 fully saturated rings. The van der Waals surface area contributed by atoms with E-state index in [2.05, 4.69) is 10.6 Å². The van der Waals surface area contributed by atoms with E-state index in [9.17, 15) is 19.5 Å². The number of hydrogen-bond donors (Lipinski definition) is 4. The minimum Gasteiger partial charge on any atom is -0.459 e. The highest BCUT2D eigenvalue weighted by Crippen LogP contribution is 2.42. The SMILES string of the molecule is CCOC1OC(C(=O)NCc2ccc(C(=O)Nc3ccccc3N)cc2)=CC(c2cn(C(C)=O)c3ccccc23)C1CCCO. The number of hydrogen-bond acceptors (Lipinski definition) is 7. The minimum atomic E-state index is -0.729. The van der Waals surface area contributed by atoms with Crippen molar-refractivity contribution in [2.45, 2.75) is 45.4 Å². The van der Waals surface area contributed by atoms with Crippen molar-refractivity contribution >= 4 is 40.0 Å². The van der Waals surface area contributed by atoms with Crippen LogP contribution < -0.4 is 16.4 Å². The van der Waals surface area contributed by atoms with Gasteiger partial charge >= 0.3 is 0 Å². The zero-order valence-electron chi connectivity index (χ0n) is 25.4. The first-order chi connectivity index (χ1) is 21.8. The van der Waals surface area contributed by atoms with Crippen LogP contribution in [-0.2, 0) is 20.8 Å². The second kappa shape index (κ2) is 14.2. The molecule has 0 bridgehead atoms. The lowest BCUT2D eigenvalue weighted by Crippen LogP contribution is -2.39. The third-order valence-corrected chi connectivity index (χ3v) is 7.95. The molecule has 1 aromatic heterocycles. The van der Waals surface area contributed by atoms with Crippen molar-refractivity contribution in [3.05, 3.63) is 108 Å². The smallest absolute Gasteiger partial charge is 0.286 e. The standard InChI is InChI=1S/C35H38N4O6/c1-3-44-35-26(10-8-18-40)27(28-21-39(22(2)41)31-13-7-4-9-25(28)31)19-32(45-35)34(43)37-20-23-14-16-24(17-15-23)33(42)38-30-12-6-5-11-29(30)36/h4-7,9,11-17,19,21,26-27,35,40H,3,8,10,18,20,36H2,1-2H3,(H,37,43)(H,38,42). The largest absolute Gasteiger partial charge is 0.459 e. The molecule has 0 aliphatic carbocycles. The van der Waals surface area contributed by atoms with Crippen molar-refractivity contribution < 1.29 is 29.0 Å². The third kappa shape index (κ3) is 7.08. The van der Waals surface area contributed by atoms with Gasteiger partial charge in [-0.05, 0) is 67.3 Å². The number of fused-ring (bicyclic) bond motifs is 1. The first-order valence-corrected chi connectivity index (χ1v) is 15.1. The molecule has 45 heavy (non-hydrogen) atoms. The predicted octanol–water partition coefficient (Wildman–Crippen LogP) is 5.20. The van der Waals surface area contributed by atoms with Gasteiger partial charge in [0.25, 0.3) is 11.8 Å². The lowest BCUT2D eigenvalue weighted by atomic mass is 9.80. The maximum Gasteiger partial charge on any atom is 0.286 e. The molecule has 3 unspecified atom stereocenters. The summed E-state index contributed by atoms with van der Waals surface area (Å²) >= 11 is 0. The normalized spacial score (nSPS) is 17.8. The van der Waals surface area contributed by atoms with E-state index in [1.165, 1.54) is 6.92 Å². The lowest BCUT2D eigenvalue weighted by Gasteiger charge is -2.36. The fraction of sp³-hybridized carbons (Fsp3) is 0.286. The van der Waals surface area contributed by atoms with Crippen molar-refractivity contribution in [1.82, 2.24) is 9.88 Å². The van der Waals surface area contributed by atoms with Crippen LogP contribution in [0.1, 0.15) is 58.9 Å². The Morgan fingerprint density at radius 3 is 2.44 bits per heavy atom. The number of allylic oxidation sites excluding steroid dienone is 1. The van der Waals surface area contributed by atoms with Gasteiger partial charge in [0.2, 0.25) is 12.2 Å². The Hall–Kier alpha value is -4.93. The molecular weight excluding hydrogens is 572 g/mol. The zero-order valence-corrected chi connectivity index (χ0v) is 25.4. The highest BCUT2D eigenvalue weighted by atomic mass is 16.7. The number of carbonyl (C=O) groups is 3. The molecule has 1 aliphatic rings. The molecule has 0 spiro atoms. The number of carbonyl (C=O) groups excluding carboxylic acids is 3. The lowest BCUT2D eigenvalue weighted by molar-refractivity contribution is -0.166. The summed E-state index contributed by atoms with van der Waals surface area (Å²) < 4.78 is 13.7. The van der Waals surface area contributed by atoms with Crippen LogP contribution in [0.15, 0.2) is 90.8 Å². The summed E-state index contributed by atoms with van der Waals surface area (Å²) in [5.41, 5.74) is 9.85. The monoisotopic (exact) mass is 610 g/mol. The number of aliphatic hydroxyl groups is 1. The highest BCUT2D eigenvalue weighted by Gasteiger charge is 2.39. The molecule has 1 aliphatic heterocycles. The summed E-state index contributed by atoms with van der Waals surface area (Å²) in [5, 5.41) is 16.2. The number of nitrogen functional groups attached to an aromatic ring is 1. The van der Waals surface area contributed by atoms with Crippen molar-refractivity contribution in [3.8, 4) is 0 Å². The van der Waals surface area contributed by atoms with Crippen LogP contribution >= 0.6 is 0 Å². The van der Waals surface area contributed by atoms with Gasteiger partial charge in [-0.2, -0.15) is 0 Å². The van der Waals surface area contributed by atoms with Gasteiger partial charge in [-0.15, -0.1) is 0 Å². The molecule has 5 N–H and O–H groups in total. The molecule has 2 amide bonds. The number of anilines is 2. The minimum absolute atomic E-state index is 0.00902. The van der Waals surface area contributed by atoms with Crippen LogP contribution in [0.3, 0.4) is 0 Å². The topological polar surface area (TPSA) is 145 Å². The Balaban J connectivity index is 1.36. The van der Waals surface area contributed by atoms with Crippen LogP contribution in [0.4, 0.5) is 11.4 Å². The van der Waals surface area contributed by atoms with Gasteiger partial charge in [-0.25, -0.2) is 0 Å². The van der Waals surface area contributed by atoms with Gasteiger partial charge in [-0.3, -0.25) is 19.0 Å². The quantitative estimate of drug-likeness (QED) is 0.171. The van der Waals surface area contributed by atoms with Gasteiger partial charge in [-0.1, -0.05) is 42.5 Å². The maximum atomic E-state index is 13.5. The molecule has 4 aromatic rings. The molecule has 3 atom stereocenters. The number of aliphatic hydroxyl groups excluding tert-OH is 1. The Bertz CT molecular complexity index is 1710. The molecule has 0 radical (unpaired) electrons. The van der Waals surface area contributed by atoms with E-state index in [0.717, 1.165) is 22.0 Å². The molecule has 5 rings (SSSR count). The van der Waals surface area contributed by atoms with E-state index < -0.39 is 12.2 Å². The summed E-state index contributed by atoms with van der Waals surface area (Å²) in [7, 11) is 0. The number of benzene rings is 3. The fourth-order valence-electron chi connectivity index (χ4n) is 5.70. The van der Waals surface area contributed by atoms with Gasteiger partial charge in [0, 0.05) is 55.7 Å². The summed E-state index contributed by atoms with van der Waals surface area (Å²) in [6.45, 7) is 3.96. The van der Waals surface area contributed by atoms with E-state index in [1.54, 1.807) is 59.2 Å². The second-order valence-corrected chi connectivity index (χ2v) is 10.9. The molecule has 3 aromatic carbocycles. The maximum absolute atomic E-state index is 13.5. The number of ether oxygens (including phenoxy) is 2. The molecule has 0 saturated carbocycles. The molecular formula is C35H38N4O6. The summed E-state index contributed by atoms with van der Waals surface area (Å²) in [5.74, 6) is -1.22. The zero-order chi connectivity index (χ0) is 31.9. The van der Waals surface area contributed by atoms with Crippen molar-refractivity contribution in [3.63, 3.8) is 0 Å². The van der Waals surface area contributed by atoms with Crippen molar-refractivity contribution in [2.24, 2.45) is 5.92 Å². The number of para-hydroxylation sites is 3. The number of nitrogens with one attached hydrogen (secondary N) is 2. The highest BCUT2D eigenvalue weighted by molar-refractivity contribution is 6.05. The van der Waals surface area contributed by atoms with E-state index in [1.807, 2.05) is 37.4 Å². The number of aromatic nitrogens is 1. The van der Waals surface area contributed by atoms with Gasteiger partial charge in [0.15, 0.2) is 5.76 Å². The molecule has 10 nitrogen and oxygen atoms in total. The van der Waals surface area contributed by atoms with Crippen LogP contribution in [0.5, 0.6) is 0 Å². The first-order valence-electron chi connectivity index (χ1n) is 15.1. The number of rotatable bonds is 11. The molecule has 234 valence electrons. The Labute approximate surface area is 261 Å². The number of amides is 2. The van der Waals surface area contributed by atoms with Gasteiger partial charge in [0.05, 0.1) is 16.9 Å². The summed E-state index contributed by atoms with van der Waals surface area (Å²) in [6.07, 6.45) is 4.01. The van der Waals surface area contributed by atoms with Crippen LogP contribution in [0.2, 0.25) is 0 Å². The van der Waals surface area contributed by atoms with Crippen LogP contribution in [-0.4, -0.2) is 46.9 Å². The summed E-state index contributed by atoms with van der Waals surface area (Å²) in [6, 6.07) is 21.6. The Morgan fingerprint density at radius 2 is 1.73 bits per heavy atom. The van der Waals surface area contributed by atoms with E-state index >= 15 is 0 Å².